The molecule has 2 aliphatic heterocycles. The molecule has 0 spiro atoms. The van der Waals surface area contributed by atoms with E-state index in [0.29, 0.717) is 35.2 Å². The van der Waals surface area contributed by atoms with E-state index in [1.54, 1.807) is 12.1 Å². The molecule has 0 bridgehead atoms. The summed E-state index contributed by atoms with van der Waals surface area (Å²) in [5.41, 5.74) is 2.82. The Morgan fingerprint density at radius 3 is 2.58 bits per heavy atom. The van der Waals surface area contributed by atoms with E-state index in [0.717, 1.165) is 23.8 Å². The van der Waals surface area contributed by atoms with Crippen LogP contribution in [0.5, 0.6) is 11.5 Å². The van der Waals surface area contributed by atoms with Gasteiger partial charge in [-0.15, -0.1) is 0 Å². The summed E-state index contributed by atoms with van der Waals surface area (Å²) in [5.74, 6) is 0.978. The van der Waals surface area contributed by atoms with Gasteiger partial charge in [-0.1, -0.05) is 29.3 Å². The number of rotatable bonds is 2. The van der Waals surface area contributed by atoms with Crippen LogP contribution in [-0.2, 0) is 0 Å². The highest BCUT2D eigenvalue weighted by molar-refractivity contribution is 6.32. The molecule has 7 heteroatoms. The fourth-order valence-corrected chi connectivity index (χ4v) is 3.78. The standard InChI is InChI=1S/C19H18Cl2N2O3/c1-12-2-3-14(20)10-16(12)22-4-6-23(7-5-22)19(24)13-8-15(21)18-17(9-13)25-11-26-18/h2-3,8-10H,4-7,11H2,1H3. The lowest BCUT2D eigenvalue weighted by Crippen LogP contribution is -2.49. The van der Waals surface area contributed by atoms with E-state index in [1.807, 2.05) is 23.1 Å². The number of halogens is 2. The second kappa shape index (κ2) is 6.89. The van der Waals surface area contributed by atoms with E-state index in [-0.39, 0.29) is 12.7 Å². The highest BCUT2D eigenvalue weighted by atomic mass is 35.5. The van der Waals surface area contributed by atoms with Crippen molar-refractivity contribution in [1.82, 2.24) is 4.90 Å². The molecule has 4 rings (SSSR count). The Morgan fingerprint density at radius 1 is 1.04 bits per heavy atom. The minimum Gasteiger partial charge on any atom is -0.454 e. The van der Waals surface area contributed by atoms with Crippen LogP contribution in [0.4, 0.5) is 5.69 Å². The van der Waals surface area contributed by atoms with Crippen LogP contribution >= 0.6 is 23.2 Å². The molecular weight excluding hydrogens is 375 g/mol. The third-order valence-corrected chi connectivity index (χ3v) is 5.27. The maximum absolute atomic E-state index is 12.8. The monoisotopic (exact) mass is 392 g/mol. The Balaban J connectivity index is 1.47. The van der Waals surface area contributed by atoms with Crippen molar-refractivity contribution in [2.45, 2.75) is 6.92 Å². The van der Waals surface area contributed by atoms with Crippen molar-refractivity contribution in [3.63, 3.8) is 0 Å². The third-order valence-electron chi connectivity index (χ3n) is 4.75. The highest BCUT2D eigenvalue weighted by Gasteiger charge is 2.26. The van der Waals surface area contributed by atoms with Crippen molar-refractivity contribution in [2.24, 2.45) is 0 Å². The van der Waals surface area contributed by atoms with Crippen molar-refractivity contribution in [1.29, 1.82) is 0 Å². The predicted octanol–water partition coefficient (Wildman–Crippen LogP) is 3.99. The second-order valence-corrected chi connectivity index (χ2v) is 7.25. The number of anilines is 1. The molecular formula is C19H18Cl2N2O3. The van der Waals surface area contributed by atoms with E-state index >= 15 is 0 Å². The first-order valence-corrected chi connectivity index (χ1v) is 9.18. The van der Waals surface area contributed by atoms with Gasteiger partial charge in [0.1, 0.15) is 0 Å². The SMILES string of the molecule is Cc1ccc(Cl)cc1N1CCN(C(=O)c2cc(Cl)c3c(c2)OCO3)CC1. The summed E-state index contributed by atoms with van der Waals surface area (Å²) in [4.78, 5) is 16.9. The maximum atomic E-state index is 12.8. The van der Waals surface area contributed by atoms with Gasteiger partial charge in [0.25, 0.3) is 5.91 Å². The average Bonchev–Trinajstić information content (AvgIpc) is 3.12. The number of hydrogen-bond acceptors (Lipinski definition) is 4. The van der Waals surface area contributed by atoms with Crippen LogP contribution in [0.2, 0.25) is 10.0 Å². The fraction of sp³-hybridized carbons (Fsp3) is 0.316. The van der Waals surface area contributed by atoms with Gasteiger partial charge in [-0.3, -0.25) is 4.79 Å². The summed E-state index contributed by atoms with van der Waals surface area (Å²) in [7, 11) is 0. The first kappa shape index (κ1) is 17.3. The van der Waals surface area contributed by atoms with Crippen molar-refractivity contribution in [3.8, 4) is 11.5 Å². The van der Waals surface area contributed by atoms with Gasteiger partial charge in [0.2, 0.25) is 6.79 Å². The maximum Gasteiger partial charge on any atom is 0.254 e. The molecule has 2 aromatic carbocycles. The largest absolute Gasteiger partial charge is 0.454 e. The zero-order valence-corrected chi connectivity index (χ0v) is 15.8. The Hall–Kier alpha value is -2.11. The Kier molecular flexibility index (Phi) is 4.59. The zero-order valence-electron chi connectivity index (χ0n) is 14.3. The van der Waals surface area contributed by atoms with E-state index in [9.17, 15) is 4.79 Å². The van der Waals surface area contributed by atoms with Crippen LogP contribution < -0.4 is 14.4 Å². The molecule has 0 unspecified atom stereocenters. The molecule has 1 amide bonds. The van der Waals surface area contributed by atoms with Gasteiger partial charge < -0.3 is 19.3 Å². The molecule has 1 saturated heterocycles. The van der Waals surface area contributed by atoms with Gasteiger partial charge in [0.05, 0.1) is 5.02 Å². The number of fused-ring (bicyclic) bond motifs is 1. The number of aryl methyl sites for hydroxylation is 1. The molecule has 2 aliphatic rings. The smallest absolute Gasteiger partial charge is 0.254 e. The zero-order chi connectivity index (χ0) is 18.3. The van der Waals surface area contributed by atoms with Crippen LogP contribution in [0.25, 0.3) is 0 Å². The molecule has 0 radical (unpaired) electrons. The number of nitrogens with zero attached hydrogens (tertiary/aromatic N) is 2. The lowest BCUT2D eigenvalue weighted by Gasteiger charge is -2.37. The summed E-state index contributed by atoms with van der Waals surface area (Å²) in [6, 6.07) is 9.23. The van der Waals surface area contributed by atoms with E-state index in [4.69, 9.17) is 32.7 Å². The van der Waals surface area contributed by atoms with E-state index in [1.165, 1.54) is 5.56 Å². The molecule has 0 N–H and O–H groups in total. The molecule has 136 valence electrons. The van der Waals surface area contributed by atoms with Gasteiger partial charge in [0.15, 0.2) is 11.5 Å². The summed E-state index contributed by atoms with van der Waals surface area (Å²) in [6.07, 6.45) is 0. The number of carbonyl (C=O) groups is 1. The number of piperazine rings is 1. The van der Waals surface area contributed by atoms with Crippen LogP contribution in [0.1, 0.15) is 15.9 Å². The van der Waals surface area contributed by atoms with Crippen LogP contribution in [0.3, 0.4) is 0 Å². The fourth-order valence-electron chi connectivity index (χ4n) is 3.35. The number of benzene rings is 2. The lowest BCUT2D eigenvalue weighted by molar-refractivity contribution is 0.0746. The highest BCUT2D eigenvalue weighted by Crippen LogP contribution is 2.40. The normalized spacial score (nSPS) is 16.1. The predicted molar refractivity (Wildman–Crippen MR) is 102 cm³/mol. The summed E-state index contributed by atoms with van der Waals surface area (Å²) >= 11 is 12.3. The summed E-state index contributed by atoms with van der Waals surface area (Å²) < 4.78 is 10.7. The molecule has 0 atom stereocenters. The van der Waals surface area contributed by atoms with E-state index < -0.39 is 0 Å². The van der Waals surface area contributed by atoms with Crippen molar-refractivity contribution < 1.29 is 14.3 Å². The third kappa shape index (κ3) is 3.17. The molecule has 5 nitrogen and oxygen atoms in total. The molecule has 2 heterocycles. The molecule has 0 aliphatic carbocycles. The molecule has 0 aromatic heterocycles. The Morgan fingerprint density at radius 2 is 1.81 bits per heavy atom. The van der Waals surface area contributed by atoms with Crippen LogP contribution in [0.15, 0.2) is 30.3 Å². The topological polar surface area (TPSA) is 42.0 Å². The first-order chi connectivity index (χ1) is 12.5. The van der Waals surface area contributed by atoms with Gasteiger partial charge in [-0.25, -0.2) is 0 Å². The first-order valence-electron chi connectivity index (χ1n) is 8.42. The van der Waals surface area contributed by atoms with Crippen molar-refractivity contribution >= 4 is 34.8 Å². The number of carbonyl (C=O) groups excluding carboxylic acids is 1. The minimum absolute atomic E-state index is 0.0485. The van der Waals surface area contributed by atoms with Gasteiger partial charge in [-0.05, 0) is 36.8 Å². The van der Waals surface area contributed by atoms with Gasteiger partial charge in [0, 0.05) is 42.5 Å². The molecule has 26 heavy (non-hydrogen) atoms. The molecule has 2 aromatic rings. The number of amides is 1. The van der Waals surface area contributed by atoms with Gasteiger partial charge >= 0.3 is 0 Å². The molecule has 1 fully saturated rings. The van der Waals surface area contributed by atoms with Crippen LogP contribution in [0, 0.1) is 6.92 Å². The second-order valence-electron chi connectivity index (χ2n) is 6.40. The lowest BCUT2D eigenvalue weighted by atomic mass is 10.1. The summed E-state index contributed by atoms with van der Waals surface area (Å²) in [5, 5.41) is 1.12. The quantitative estimate of drug-likeness (QED) is 0.774. The van der Waals surface area contributed by atoms with Crippen LogP contribution in [-0.4, -0.2) is 43.8 Å². The summed E-state index contributed by atoms with van der Waals surface area (Å²) in [6.45, 7) is 4.98. The minimum atomic E-state index is -0.0485. The molecule has 0 saturated carbocycles. The Bertz CT molecular complexity index is 864. The van der Waals surface area contributed by atoms with Gasteiger partial charge in [-0.2, -0.15) is 0 Å². The number of hydrogen-bond donors (Lipinski definition) is 0. The average molecular weight is 393 g/mol. The van der Waals surface area contributed by atoms with E-state index in [2.05, 4.69) is 11.8 Å². The van der Waals surface area contributed by atoms with Crippen molar-refractivity contribution in [3.05, 3.63) is 51.5 Å². The number of ether oxygens (including phenoxy) is 2. The Labute approximate surface area is 162 Å². The van der Waals surface area contributed by atoms with Crippen molar-refractivity contribution in [2.75, 3.05) is 37.9 Å².